The summed E-state index contributed by atoms with van der Waals surface area (Å²) in [6.07, 6.45) is 1.57. The first kappa shape index (κ1) is 22.8. The van der Waals surface area contributed by atoms with E-state index < -0.39 is 23.4 Å². The number of carboxylic acid groups (broad SMARTS) is 1. The Kier molecular flexibility index (Phi) is 7.72. The Morgan fingerprint density at radius 2 is 1.76 bits per heavy atom. The number of hydrogen-bond donors (Lipinski definition) is 1. The zero-order valence-electron chi connectivity index (χ0n) is 16.4. The van der Waals surface area contributed by atoms with Crippen LogP contribution >= 0.6 is 0 Å². The predicted octanol–water partition coefficient (Wildman–Crippen LogP) is 4.38. The van der Waals surface area contributed by atoms with Gasteiger partial charge in [-0.2, -0.15) is 0 Å². The Balaban J connectivity index is 0.000000211. The summed E-state index contributed by atoms with van der Waals surface area (Å²) >= 11 is 1.31. The van der Waals surface area contributed by atoms with Crippen LogP contribution in [0.2, 0.25) is 0 Å². The molecule has 0 unspecified atom stereocenters. The molecule has 0 spiro atoms. The summed E-state index contributed by atoms with van der Waals surface area (Å²) in [5.41, 5.74) is 0.391. The number of esters is 1. The number of aromatic carboxylic acids is 1. The van der Waals surface area contributed by atoms with Crippen LogP contribution in [0.4, 0.5) is 4.39 Å². The summed E-state index contributed by atoms with van der Waals surface area (Å²) in [4.78, 5) is 26.0. The molecule has 0 saturated carbocycles. The van der Waals surface area contributed by atoms with Crippen LogP contribution in [0.15, 0.2) is 54.7 Å². The average Bonchev–Trinajstić information content (AvgIpc) is 2.66. The van der Waals surface area contributed by atoms with Crippen molar-refractivity contribution in [3.8, 4) is 0 Å². The van der Waals surface area contributed by atoms with Gasteiger partial charge < -0.3 is 5.11 Å². The van der Waals surface area contributed by atoms with Gasteiger partial charge in [-0.15, -0.1) is 0 Å². The van der Waals surface area contributed by atoms with E-state index in [4.69, 9.17) is 9.84 Å². The van der Waals surface area contributed by atoms with Gasteiger partial charge in [0, 0.05) is 11.6 Å². The number of carbonyl (C=O) groups excluding carboxylic acids is 1. The fourth-order valence-corrected chi connectivity index (χ4v) is 3.00. The van der Waals surface area contributed by atoms with Crippen LogP contribution in [0.5, 0.6) is 0 Å². The second kappa shape index (κ2) is 9.82. The Morgan fingerprint density at radius 3 is 2.31 bits per heavy atom. The number of aromatic nitrogens is 1. The first-order valence-corrected chi connectivity index (χ1v) is 10.9. The van der Waals surface area contributed by atoms with Crippen LogP contribution in [-0.4, -0.2) is 50.2 Å². The van der Waals surface area contributed by atoms with Gasteiger partial charge in [-0.25, -0.2) is 9.78 Å². The second-order valence-electron chi connectivity index (χ2n) is 7.21. The van der Waals surface area contributed by atoms with Gasteiger partial charge >= 0.3 is 114 Å². The molecule has 0 aliphatic heterocycles. The minimum Gasteiger partial charge on any atom is -0.477 e. The normalized spacial score (nSPS) is 10.8. The zero-order valence-corrected chi connectivity index (χ0v) is 19.3. The molecule has 5 nitrogen and oxygen atoms in total. The number of fused-ring (bicyclic) bond motifs is 1. The first-order chi connectivity index (χ1) is 13.6. The SMILES string of the molecule is CC(C)(C)OC(=O)c1ccc([CH2][Sn])cc1F.O=C(O)c1cc2ccccc2cn1. The van der Waals surface area contributed by atoms with Crippen LogP contribution in [0.1, 0.15) is 47.2 Å². The van der Waals surface area contributed by atoms with Crippen molar-refractivity contribution in [1.82, 2.24) is 4.98 Å². The minimum absolute atomic E-state index is 0.00271. The van der Waals surface area contributed by atoms with Crippen LogP contribution in [0.3, 0.4) is 0 Å². The number of pyridine rings is 1. The van der Waals surface area contributed by atoms with Crippen molar-refractivity contribution in [1.29, 1.82) is 0 Å². The molecule has 2 aromatic carbocycles. The number of nitrogens with zero attached hydrogens (tertiary/aromatic N) is 1. The summed E-state index contributed by atoms with van der Waals surface area (Å²) in [5.74, 6) is -2.11. The molecule has 0 bridgehead atoms. The summed E-state index contributed by atoms with van der Waals surface area (Å²) in [5, 5.41) is 10.5. The molecule has 3 aromatic rings. The Labute approximate surface area is 182 Å². The molecule has 0 fully saturated rings. The zero-order chi connectivity index (χ0) is 21.6. The third-order valence-electron chi connectivity index (χ3n) is 3.71. The van der Waals surface area contributed by atoms with Crippen LogP contribution in [0.25, 0.3) is 10.8 Å². The molecule has 0 atom stereocenters. The van der Waals surface area contributed by atoms with E-state index in [1.165, 1.54) is 34.7 Å². The fourth-order valence-electron chi connectivity index (χ4n) is 2.37. The maximum atomic E-state index is 13.6. The van der Waals surface area contributed by atoms with Gasteiger partial charge in [0.2, 0.25) is 0 Å². The Morgan fingerprint density at radius 1 is 1.10 bits per heavy atom. The fraction of sp³-hybridized carbons (Fsp3) is 0.227. The maximum absolute atomic E-state index is 13.6. The number of rotatable bonds is 3. The molecule has 0 amide bonds. The Bertz CT molecular complexity index is 1030. The molecule has 1 aromatic heterocycles. The van der Waals surface area contributed by atoms with Crippen molar-refractivity contribution >= 4 is 45.2 Å². The molecule has 1 heterocycles. The number of ether oxygens (including phenoxy) is 1. The van der Waals surface area contributed by atoms with Gasteiger partial charge in [0.05, 0.1) is 0 Å². The molecular weight excluding hydrogens is 480 g/mol. The van der Waals surface area contributed by atoms with Gasteiger partial charge in [0.1, 0.15) is 5.69 Å². The van der Waals surface area contributed by atoms with E-state index in [1.54, 1.807) is 39.1 Å². The van der Waals surface area contributed by atoms with E-state index in [9.17, 15) is 14.0 Å². The third-order valence-corrected chi connectivity index (χ3v) is 4.87. The second-order valence-corrected chi connectivity index (χ2v) is 8.22. The molecule has 149 valence electrons. The number of hydrogen-bond acceptors (Lipinski definition) is 4. The van der Waals surface area contributed by atoms with Crippen molar-refractivity contribution < 1.29 is 23.8 Å². The van der Waals surface area contributed by atoms with E-state index in [0.29, 0.717) is 0 Å². The number of benzene rings is 2. The molecule has 0 saturated heterocycles. The van der Waals surface area contributed by atoms with Gasteiger partial charge in [-0.05, 0) is 11.5 Å². The number of halogens is 1. The van der Waals surface area contributed by atoms with Gasteiger partial charge in [0.15, 0.2) is 0 Å². The van der Waals surface area contributed by atoms with Crippen molar-refractivity contribution in [3.05, 3.63) is 77.4 Å². The van der Waals surface area contributed by atoms with Crippen molar-refractivity contribution in [2.45, 2.75) is 30.8 Å². The molecular formula is C22H21FNO4Sn. The van der Waals surface area contributed by atoms with E-state index >= 15 is 0 Å². The summed E-state index contributed by atoms with van der Waals surface area (Å²) < 4.78 is 19.5. The average molecular weight is 501 g/mol. The smallest absolute Gasteiger partial charge is 0.354 e. The van der Waals surface area contributed by atoms with Gasteiger partial charge in [-0.3, -0.25) is 0 Å². The van der Waals surface area contributed by atoms with E-state index in [1.807, 2.05) is 24.3 Å². The molecule has 1 N–H and O–H groups in total. The van der Waals surface area contributed by atoms with Crippen LogP contribution in [-0.2, 0) is 9.17 Å². The van der Waals surface area contributed by atoms with E-state index in [2.05, 4.69) is 4.98 Å². The van der Waals surface area contributed by atoms with Gasteiger partial charge in [0.25, 0.3) is 0 Å². The molecule has 0 aliphatic rings. The van der Waals surface area contributed by atoms with Crippen molar-refractivity contribution in [3.63, 3.8) is 0 Å². The number of carboxylic acids is 1. The summed E-state index contributed by atoms with van der Waals surface area (Å²) in [7, 11) is 0. The molecule has 0 aliphatic carbocycles. The quantitative estimate of drug-likeness (QED) is 0.426. The van der Waals surface area contributed by atoms with Crippen molar-refractivity contribution in [2.75, 3.05) is 0 Å². The molecule has 29 heavy (non-hydrogen) atoms. The standard InChI is InChI=1S/C12H14FO2.C10H7NO2.Sn/c1-8-5-6-9(10(13)7-8)11(14)15-12(2,3)4;12-10(13)9-5-7-3-1-2-4-8(7)6-11-9;/h5-7H,1H2,2-4H3;1-6H,(H,12,13);. The van der Waals surface area contributed by atoms with Crippen molar-refractivity contribution in [2.24, 2.45) is 0 Å². The minimum atomic E-state index is -0.995. The summed E-state index contributed by atoms with van der Waals surface area (Å²) in [6, 6.07) is 13.7. The topological polar surface area (TPSA) is 76.5 Å². The largest absolute Gasteiger partial charge is 0.477 e. The van der Waals surface area contributed by atoms with E-state index in [0.717, 1.165) is 20.8 Å². The predicted molar refractivity (Wildman–Crippen MR) is 110 cm³/mol. The van der Waals surface area contributed by atoms with Crippen LogP contribution in [0, 0.1) is 5.82 Å². The first-order valence-electron chi connectivity index (χ1n) is 8.85. The summed E-state index contributed by atoms with van der Waals surface area (Å²) in [6.45, 7) is 5.27. The van der Waals surface area contributed by atoms with Crippen LogP contribution < -0.4 is 0 Å². The molecule has 3 radical (unpaired) electrons. The molecule has 3 rings (SSSR count). The monoisotopic (exact) mass is 502 g/mol. The number of carbonyl (C=O) groups is 2. The maximum Gasteiger partial charge on any atom is 0.354 e. The van der Waals surface area contributed by atoms with Gasteiger partial charge in [-0.1, -0.05) is 24.3 Å². The third kappa shape index (κ3) is 6.81. The Hall–Kier alpha value is -2.48. The van der Waals surface area contributed by atoms with E-state index in [-0.39, 0.29) is 11.3 Å². The molecule has 7 heteroatoms.